The van der Waals surface area contributed by atoms with E-state index in [2.05, 4.69) is 10.6 Å². The quantitative estimate of drug-likeness (QED) is 0.696. The van der Waals surface area contributed by atoms with Crippen LogP contribution < -0.4 is 15.4 Å². The van der Waals surface area contributed by atoms with Gasteiger partial charge < -0.3 is 20.1 Å². The monoisotopic (exact) mass is 370 g/mol. The molecule has 0 aliphatic carbocycles. The van der Waals surface area contributed by atoms with Gasteiger partial charge in [-0.15, -0.1) is 0 Å². The number of hydrogen-bond donors (Lipinski definition) is 2. The van der Waals surface area contributed by atoms with Gasteiger partial charge in [0.15, 0.2) is 6.10 Å². The van der Waals surface area contributed by atoms with E-state index in [-0.39, 0.29) is 12.5 Å². The Morgan fingerprint density at radius 3 is 2.19 bits per heavy atom. The molecule has 2 N–H and O–H groups in total. The van der Waals surface area contributed by atoms with Crippen molar-refractivity contribution in [1.29, 1.82) is 0 Å². The molecule has 0 fully saturated rings. The van der Waals surface area contributed by atoms with Gasteiger partial charge >= 0.3 is 5.97 Å². The number of para-hydroxylation sites is 1. The largest absolute Gasteiger partial charge is 0.457 e. The van der Waals surface area contributed by atoms with Crippen LogP contribution in [-0.4, -0.2) is 37.0 Å². The van der Waals surface area contributed by atoms with Crippen molar-refractivity contribution >= 4 is 17.8 Å². The fourth-order valence-corrected chi connectivity index (χ4v) is 2.16. The second kappa shape index (κ2) is 9.96. The average Bonchev–Trinajstić information content (AvgIpc) is 2.67. The van der Waals surface area contributed by atoms with Crippen molar-refractivity contribution in [2.75, 3.05) is 13.1 Å². The number of esters is 1. The Hall–Kier alpha value is -3.35. The number of carbonyl (C=O) groups excluding carboxylic acids is 3. The van der Waals surface area contributed by atoms with Crippen LogP contribution in [0.2, 0.25) is 0 Å². The van der Waals surface area contributed by atoms with Gasteiger partial charge in [0, 0.05) is 12.1 Å². The lowest BCUT2D eigenvalue weighted by molar-refractivity contribution is -0.153. The smallest absolute Gasteiger partial charge is 0.326 e. The molecule has 7 heteroatoms. The average molecular weight is 370 g/mol. The zero-order valence-corrected chi connectivity index (χ0v) is 15.2. The summed E-state index contributed by atoms with van der Waals surface area (Å²) in [7, 11) is 0. The molecule has 0 saturated heterocycles. The van der Waals surface area contributed by atoms with Crippen molar-refractivity contribution < 1.29 is 23.9 Å². The molecule has 0 aromatic heterocycles. The Kier molecular flexibility index (Phi) is 7.37. The van der Waals surface area contributed by atoms with Gasteiger partial charge in [-0.05, 0) is 50.2 Å². The van der Waals surface area contributed by atoms with Gasteiger partial charge in [0.1, 0.15) is 18.0 Å². The predicted octanol–water partition coefficient (Wildman–Crippen LogP) is 2.28. The highest BCUT2D eigenvalue weighted by Gasteiger charge is 2.17. The lowest BCUT2D eigenvalue weighted by Crippen LogP contribution is -2.38. The fourth-order valence-electron chi connectivity index (χ4n) is 2.16. The molecule has 0 saturated carbocycles. The Balaban J connectivity index is 1.82. The number of carbonyl (C=O) groups is 3. The van der Waals surface area contributed by atoms with E-state index in [0.717, 1.165) is 0 Å². The second-order valence-electron chi connectivity index (χ2n) is 5.65. The molecule has 0 aliphatic rings. The molecule has 27 heavy (non-hydrogen) atoms. The summed E-state index contributed by atoms with van der Waals surface area (Å²) >= 11 is 0. The molecule has 2 amide bonds. The normalized spacial score (nSPS) is 11.2. The van der Waals surface area contributed by atoms with E-state index in [1.807, 2.05) is 30.3 Å². The highest BCUT2D eigenvalue weighted by atomic mass is 16.5. The van der Waals surface area contributed by atoms with Gasteiger partial charge in [-0.25, -0.2) is 0 Å². The van der Waals surface area contributed by atoms with E-state index in [0.29, 0.717) is 23.6 Å². The van der Waals surface area contributed by atoms with Crippen LogP contribution in [-0.2, 0) is 14.3 Å². The first-order valence-corrected chi connectivity index (χ1v) is 8.58. The van der Waals surface area contributed by atoms with Gasteiger partial charge in [0.2, 0.25) is 0 Å². The molecular formula is C20H22N2O5. The van der Waals surface area contributed by atoms with Gasteiger partial charge in [-0.2, -0.15) is 0 Å². The highest BCUT2D eigenvalue weighted by molar-refractivity contribution is 5.96. The van der Waals surface area contributed by atoms with E-state index in [9.17, 15) is 14.4 Å². The van der Waals surface area contributed by atoms with E-state index >= 15 is 0 Å². The molecule has 0 aliphatic heterocycles. The third kappa shape index (κ3) is 6.47. The molecule has 0 unspecified atom stereocenters. The first-order valence-electron chi connectivity index (χ1n) is 8.58. The summed E-state index contributed by atoms with van der Waals surface area (Å²) in [5, 5.41) is 5.01. The van der Waals surface area contributed by atoms with E-state index in [4.69, 9.17) is 9.47 Å². The molecule has 0 bridgehead atoms. The van der Waals surface area contributed by atoms with Crippen molar-refractivity contribution in [2.45, 2.75) is 20.0 Å². The summed E-state index contributed by atoms with van der Waals surface area (Å²) in [6, 6.07) is 15.8. The summed E-state index contributed by atoms with van der Waals surface area (Å²) in [5.41, 5.74) is 0.375. The minimum Gasteiger partial charge on any atom is -0.457 e. The molecule has 1 atom stereocenters. The Morgan fingerprint density at radius 2 is 1.56 bits per heavy atom. The van der Waals surface area contributed by atoms with Gasteiger partial charge in [0.25, 0.3) is 11.8 Å². The lowest BCUT2D eigenvalue weighted by atomic mass is 10.2. The van der Waals surface area contributed by atoms with E-state index in [1.165, 1.54) is 6.92 Å². The van der Waals surface area contributed by atoms with Crippen LogP contribution in [0, 0.1) is 0 Å². The van der Waals surface area contributed by atoms with Crippen LogP contribution in [0.3, 0.4) is 0 Å². The number of nitrogens with one attached hydrogen (secondary N) is 2. The maximum atomic E-state index is 12.1. The van der Waals surface area contributed by atoms with Crippen LogP contribution in [0.4, 0.5) is 0 Å². The third-order valence-electron chi connectivity index (χ3n) is 3.52. The maximum Gasteiger partial charge on any atom is 0.326 e. The van der Waals surface area contributed by atoms with E-state index in [1.54, 1.807) is 31.2 Å². The topological polar surface area (TPSA) is 93.7 Å². The lowest BCUT2D eigenvalue weighted by Gasteiger charge is -2.13. The first-order chi connectivity index (χ1) is 13.0. The van der Waals surface area contributed by atoms with Crippen molar-refractivity contribution in [2.24, 2.45) is 0 Å². The first kappa shape index (κ1) is 20.0. The van der Waals surface area contributed by atoms with Gasteiger partial charge in [-0.3, -0.25) is 14.4 Å². The summed E-state index contributed by atoms with van der Waals surface area (Å²) < 4.78 is 10.6. The predicted molar refractivity (Wildman–Crippen MR) is 99.5 cm³/mol. The third-order valence-corrected chi connectivity index (χ3v) is 3.52. The number of ether oxygens (including phenoxy) is 2. The molecule has 0 radical (unpaired) electrons. The van der Waals surface area contributed by atoms with Crippen molar-refractivity contribution in [1.82, 2.24) is 10.6 Å². The molecule has 0 spiro atoms. The Bertz CT molecular complexity index is 775. The van der Waals surface area contributed by atoms with Crippen molar-refractivity contribution in [3.05, 3.63) is 60.2 Å². The summed E-state index contributed by atoms with van der Waals surface area (Å²) in [5.74, 6) is -0.215. The van der Waals surface area contributed by atoms with Crippen molar-refractivity contribution in [3.8, 4) is 11.5 Å². The number of hydrogen-bond acceptors (Lipinski definition) is 5. The zero-order valence-electron chi connectivity index (χ0n) is 15.2. The van der Waals surface area contributed by atoms with Crippen LogP contribution in [0.25, 0.3) is 0 Å². The Labute approximate surface area is 157 Å². The minimum atomic E-state index is -0.913. The zero-order chi connectivity index (χ0) is 19.6. The van der Waals surface area contributed by atoms with Crippen LogP contribution in [0.5, 0.6) is 11.5 Å². The van der Waals surface area contributed by atoms with Crippen LogP contribution in [0.15, 0.2) is 54.6 Å². The van der Waals surface area contributed by atoms with E-state index < -0.39 is 18.0 Å². The summed E-state index contributed by atoms with van der Waals surface area (Å²) in [6.45, 7) is 3.35. The highest BCUT2D eigenvalue weighted by Crippen LogP contribution is 2.21. The maximum absolute atomic E-state index is 12.1. The molecule has 2 aromatic rings. The molecule has 0 heterocycles. The number of likely N-dealkylation sites (N-methyl/N-ethyl adjacent to an activating group) is 1. The van der Waals surface area contributed by atoms with Crippen molar-refractivity contribution in [3.63, 3.8) is 0 Å². The van der Waals surface area contributed by atoms with Crippen LogP contribution in [0.1, 0.15) is 24.2 Å². The van der Waals surface area contributed by atoms with Gasteiger partial charge in [-0.1, -0.05) is 18.2 Å². The summed E-state index contributed by atoms with van der Waals surface area (Å²) in [6.07, 6.45) is -0.913. The number of benzene rings is 2. The molecule has 7 nitrogen and oxygen atoms in total. The standard InChI is InChI=1S/C20H22N2O5/c1-3-21-19(24)14(2)26-18(23)13-22-20(25)15-9-11-17(12-10-15)27-16-7-5-4-6-8-16/h4-12,14H,3,13H2,1-2H3,(H,21,24)(H,22,25)/t14-/m0/s1. The van der Waals surface area contributed by atoms with Gasteiger partial charge in [0.05, 0.1) is 0 Å². The fraction of sp³-hybridized carbons (Fsp3) is 0.250. The summed E-state index contributed by atoms with van der Waals surface area (Å²) in [4.78, 5) is 35.3. The second-order valence-corrected chi connectivity index (χ2v) is 5.65. The molecular weight excluding hydrogens is 348 g/mol. The molecule has 2 aromatic carbocycles. The number of amides is 2. The molecule has 2 rings (SSSR count). The Morgan fingerprint density at radius 1 is 0.926 bits per heavy atom. The minimum absolute atomic E-state index is 0.329. The number of rotatable bonds is 8. The van der Waals surface area contributed by atoms with Crippen LogP contribution >= 0.6 is 0 Å². The molecule has 142 valence electrons. The SMILES string of the molecule is CCNC(=O)[C@H](C)OC(=O)CNC(=O)c1ccc(Oc2ccccc2)cc1.